The molecule has 0 saturated carbocycles. The average molecular weight is 359 g/mol. The quantitative estimate of drug-likeness (QED) is 0.649. The molecular formula is C18H21N3O3S. The molecule has 132 valence electrons. The van der Waals surface area contributed by atoms with Crippen molar-refractivity contribution >= 4 is 28.3 Å². The highest BCUT2D eigenvalue weighted by Gasteiger charge is 2.18. The number of amides is 1. The summed E-state index contributed by atoms with van der Waals surface area (Å²) in [5.41, 5.74) is 1.14. The topological polar surface area (TPSA) is 58.7 Å². The third-order valence-electron chi connectivity index (χ3n) is 3.96. The Labute approximate surface area is 149 Å². The summed E-state index contributed by atoms with van der Waals surface area (Å²) in [5, 5.41) is 2.00. The minimum absolute atomic E-state index is 0.0192. The van der Waals surface area contributed by atoms with Gasteiger partial charge in [-0.3, -0.25) is 9.36 Å². The highest BCUT2D eigenvalue weighted by atomic mass is 32.1. The summed E-state index contributed by atoms with van der Waals surface area (Å²) < 4.78 is 6.61. The molecule has 25 heavy (non-hydrogen) atoms. The molecule has 0 N–H and O–H groups in total. The lowest BCUT2D eigenvalue weighted by Gasteiger charge is -2.24. The summed E-state index contributed by atoms with van der Waals surface area (Å²) in [5.74, 6) is -0.595. The maximum absolute atomic E-state index is 12.9. The van der Waals surface area contributed by atoms with Gasteiger partial charge in [-0.05, 0) is 37.7 Å². The van der Waals surface area contributed by atoms with Crippen molar-refractivity contribution < 1.29 is 9.21 Å². The number of hydrogen-bond donors (Lipinski definition) is 0. The number of carbonyl (C=O) groups excluding carboxylic acids is 1. The van der Waals surface area contributed by atoms with Crippen molar-refractivity contribution in [3.63, 3.8) is 0 Å². The molecule has 3 rings (SSSR count). The number of fused-ring (bicyclic) bond motifs is 1. The minimum atomic E-state index is -0.502. The second kappa shape index (κ2) is 7.67. The van der Waals surface area contributed by atoms with E-state index in [1.165, 1.54) is 4.57 Å². The van der Waals surface area contributed by atoms with Crippen LogP contribution in [0.15, 0.2) is 51.0 Å². The summed E-state index contributed by atoms with van der Waals surface area (Å²) in [6.45, 7) is 1.90. The van der Waals surface area contributed by atoms with Crippen molar-refractivity contribution in [2.24, 2.45) is 0 Å². The highest BCUT2D eigenvalue weighted by Crippen LogP contribution is 2.14. The van der Waals surface area contributed by atoms with E-state index in [1.54, 1.807) is 34.4 Å². The van der Waals surface area contributed by atoms with Crippen LogP contribution in [-0.2, 0) is 17.9 Å². The highest BCUT2D eigenvalue weighted by molar-refractivity contribution is 7.09. The van der Waals surface area contributed by atoms with Gasteiger partial charge in [0.05, 0.1) is 12.1 Å². The molecule has 0 aliphatic heterocycles. The molecule has 0 bridgehead atoms. The molecule has 0 radical (unpaired) electrons. The van der Waals surface area contributed by atoms with E-state index in [2.05, 4.69) is 0 Å². The van der Waals surface area contributed by atoms with Crippen molar-refractivity contribution in [1.29, 1.82) is 0 Å². The van der Waals surface area contributed by atoms with Gasteiger partial charge in [0.15, 0.2) is 5.58 Å². The zero-order chi connectivity index (χ0) is 17.8. The normalized spacial score (nSPS) is 11.3. The van der Waals surface area contributed by atoms with Crippen LogP contribution in [0.25, 0.3) is 11.1 Å². The monoisotopic (exact) mass is 359 g/mol. The Hall–Kier alpha value is -2.38. The van der Waals surface area contributed by atoms with Crippen LogP contribution in [0.1, 0.15) is 4.88 Å². The van der Waals surface area contributed by atoms with Crippen LogP contribution in [-0.4, -0.2) is 47.5 Å². The summed E-state index contributed by atoms with van der Waals surface area (Å²) in [6, 6.07) is 11.1. The number of thiophene rings is 1. The van der Waals surface area contributed by atoms with E-state index in [1.807, 2.05) is 42.6 Å². The minimum Gasteiger partial charge on any atom is -0.408 e. The number of aromatic nitrogens is 1. The van der Waals surface area contributed by atoms with Gasteiger partial charge in [0.2, 0.25) is 5.91 Å². The van der Waals surface area contributed by atoms with E-state index in [-0.39, 0.29) is 12.5 Å². The Balaban J connectivity index is 1.81. The summed E-state index contributed by atoms with van der Waals surface area (Å²) >= 11 is 1.62. The molecular weight excluding hydrogens is 338 g/mol. The Kier molecular flexibility index (Phi) is 5.35. The number of benzene rings is 1. The van der Waals surface area contributed by atoms with Gasteiger partial charge < -0.3 is 14.2 Å². The zero-order valence-electron chi connectivity index (χ0n) is 14.3. The number of oxazole rings is 1. The summed E-state index contributed by atoms with van der Waals surface area (Å²) in [4.78, 5) is 29.9. The maximum atomic E-state index is 12.9. The van der Waals surface area contributed by atoms with Crippen molar-refractivity contribution in [1.82, 2.24) is 14.4 Å². The molecule has 6 nitrogen and oxygen atoms in total. The van der Waals surface area contributed by atoms with Gasteiger partial charge in [-0.1, -0.05) is 18.2 Å². The Morgan fingerprint density at radius 2 is 1.96 bits per heavy atom. The van der Waals surface area contributed by atoms with Gasteiger partial charge in [0.1, 0.15) is 6.54 Å². The van der Waals surface area contributed by atoms with Gasteiger partial charge >= 0.3 is 5.76 Å². The van der Waals surface area contributed by atoms with E-state index >= 15 is 0 Å². The van der Waals surface area contributed by atoms with Crippen LogP contribution in [0.5, 0.6) is 0 Å². The number of para-hydroxylation sites is 2. The fraction of sp³-hybridized carbons (Fsp3) is 0.333. The molecule has 2 aromatic heterocycles. The first-order chi connectivity index (χ1) is 12.0. The van der Waals surface area contributed by atoms with E-state index in [4.69, 9.17) is 4.42 Å². The molecule has 1 aromatic carbocycles. The number of rotatable bonds is 7. The lowest BCUT2D eigenvalue weighted by Crippen LogP contribution is -2.39. The Morgan fingerprint density at radius 1 is 1.16 bits per heavy atom. The van der Waals surface area contributed by atoms with Crippen molar-refractivity contribution in [3.05, 3.63) is 57.2 Å². The first-order valence-electron chi connectivity index (χ1n) is 8.08. The largest absolute Gasteiger partial charge is 0.420 e. The maximum Gasteiger partial charge on any atom is 0.420 e. The van der Waals surface area contributed by atoms with Crippen LogP contribution in [0.4, 0.5) is 0 Å². The van der Waals surface area contributed by atoms with Crippen LogP contribution in [0, 0.1) is 0 Å². The molecule has 1 amide bonds. The van der Waals surface area contributed by atoms with Crippen LogP contribution >= 0.6 is 11.3 Å². The summed E-state index contributed by atoms with van der Waals surface area (Å²) in [7, 11) is 3.95. The van der Waals surface area contributed by atoms with E-state index in [9.17, 15) is 9.59 Å². The summed E-state index contributed by atoms with van der Waals surface area (Å²) in [6.07, 6.45) is 0. The predicted octanol–water partition coefficient (Wildman–Crippen LogP) is 2.25. The number of likely N-dealkylation sites (N-methyl/N-ethyl adjacent to an activating group) is 1. The second-order valence-electron chi connectivity index (χ2n) is 6.12. The Morgan fingerprint density at radius 3 is 2.68 bits per heavy atom. The van der Waals surface area contributed by atoms with E-state index in [0.717, 1.165) is 11.4 Å². The Bertz CT molecular complexity index is 896. The first-order valence-corrected chi connectivity index (χ1v) is 8.96. The first kappa shape index (κ1) is 17.4. The zero-order valence-corrected chi connectivity index (χ0v) is 15.2. The van der Waals surface area contributed by atoms with Gasteiger partial charge in [-0.2, -0.15) is 0 Å². The molecule has 0 unspecified atom stereocenters. The average Bonchev–Trinajstić information content (AvgIpc) is 3.19. The standard InChI is InChI=1S/C18H21N3O3S/c1-19(2)9-10-20(12-14-6-5-11-25-14)17(22)13-21-15-7-3-4-8-16(15)24-18(21)23/h3-8,11H,9-10,12-13H2,1-2H3. The smallest absolute Gasteiger partial charge is 0.408 e. The van der Waals surface area contributed by atoms with Crippen LogP contribution in [0.3, 0.4) is 0 Å². The van der Waals surface area contributed by atoms with E-state index in [0.29, 0.717) is 24.2 Å². The number of hydrogen-bond acceptors (Lipinski definition) is 5. The van der Waals surface area contributed by atoms with Gasteiger partial charge in [0, 0.05) is 18.0 Å². The van der Waals surface area contributed by atoms with Crippen molar-refractivity contribution in [2.75, 3.05) is 27.2 Å². The molecule has 2 heterocycles. The third-order valence-corrected chi connectivity index (χ3v) is 4.82. The number of carbonyl (C=O) groups is 1. The van der Waals surface area contributed by atoms with Crippen molar-refractivity contribution in [3.8, 4) is 0 Å². The fourth-order valence-electron chi connectivity index (χ4n) is 2.60. The van der Waals surface area contributed by atoms with Gasteiger partial charge in [-0.15, -0.1) is 11.3 Å². The molecule has 0 aliphatic carbocycles. The molecule has 0 aliphatic rings. The van der Waals surface area contributed by atoms with Crippen molar-refractivity contribution in [2.45, 2.75) is 13.1 Å². The molecule has 3 aromatic rings. The molecule has 0 spiro atoms. The van der Waals surface area contributed by atoms with Crippen LogP contribution in [0.2, 0.25) is 0 Å². The molecule has 0 fully saturated rings. The lowest BCUT2D eigenvalue weighted by molar-refractivity contribution is -0.132. The molecule has 0 atom stereocenters. The molecule has 7 heteroatoms. The SMILES string of the molecule is CN(C)CCN(Cc1cccs1)C(=O)Cn1c(=O)oc2ccccc21. The van der Waals surface area contributed by atoms with Gasteiger partial charge in [-0.25, -0.2) is 4.79 Å². The van der Waals surface area contributed by atoms with E-state index < -0.39 is 5.76 Å². The second-order valence-corrected chi connectivity index (χ2v) is 7.15. The third kappa shape index (κ3) is 4.18. The lowest BCUT2D eigenvalue weighted by atomic mass is 10.3. The predicted molar refractivity (Wildman–Crippen MR) is 98.8 cm³/mol. The van der Waals surface area contributed by atoms with Crippen LogP contribution < -0.4 is 5.76 Å². The fourth-order valence-corrected chi connectivity index (χ4v) is 3.32. The van der Waals surface area contributed by atoms with Gasteiger partial charge in [0.25, 0.3) is 0 Å². The molecule has 0 saturated heterocycles. The number of nitrogens with zero attached hydrogens (tertiary/aromatic N) is 3.